The van der Waals surface area contributed by atoms with Crippen LogP contribution >= 0.6 is 15.9 Å². The zero-order valence-electron chi connectivity index (χ0n) is 22.3. The van der Waals surface area contributed by atoms with E-state index in [1.165, 1.54) is 40.6 Å². The van der Waals surface area contributed by atoms with Gasteiger partial charge in [0, 0.05) is 23.9 Å². The van der Waals surface area contributed by atoms with Crippen molar-refractivity contribution in [2.24, 2.45) is 0 Å². The second-order valence-corrected chi connectivity index (χ2v) is 8.41. The molecule has 11 heteroatoms. The minimum Gasteiger partial charge on any atom is -0.476 e. The molecule has 0 saturated heterocycles. The first kappa shape index (κ1) is 34.2. The lowest BCUT2D eigenvalue weighted by Gasteiger charge is -2.07. The molecule has 0 unspecified atom stereocenters. The van der Waals surface area contributed by atoms with Crippen LogP contribution in [0.2, 0.25) is 0 Å². The normalized spacial score (nSPS) is 9.21. The van der Waals surface area contributed by atoms with Crippen molar-refractivity contribution < 1.29 is 24.8 Å². The average Bonchev–Trinajstić information content (AvgIpc) is 3.67. The second kappa shape index (κ2) is 22.4. The third-order valence-electron chi connectivity index (χ3n) is 4.55. The summed E-state index contributed by atoms with van der Waals surface area (Å²) in [6, 6.07) is 13.6. The molecular weight excluding hydrogens is 554 g/mol. The summed E-state index contributed by atoms with van der Waals surface area (Å²) in [6.07, 6.45) is 11.4. The van der Waals surface area contributed by atoms with E-state index >= 15 is 0 Å². The zero-order valence-corrected chi connectivity index (χ0v) is 23.9. The highest BCUT2D eigenvalue weighted by molar-refractivity contribution is 9.09. The van der Waals surface area contributed by atoms with E-state index < -0.39 is 5.97 Å². The topological polar surface area (TPSA) is 138 Å². The van der Waals surface area contributed by atoms with E-state index in [1.54, 1.807) is 42.7 Å². The SMILES string of the molecule is CCCCBr.CCCCOn1cccc1C#N.CCCCOn1cccc1C(=O)O.N#Cc1cccn1O. The van der Waals surface area contributed by atoms with Gasteiger partial charge in [-0.1, -0.05) is 56.0 Å². The molecule has 0 fully saturated rings. The van der Waals surface area contributed by atoms with Crippen LogP contribution in [0, 0.1) is 22.7 Å². The van der Waals surface area contributed by atoms with E-state index in [4.69, 9.17) is 30.5 Å². The number of hydrogen-bond donors (Lipinski definition) is 2. The van der Waals surface area contributed by atoms with Crippen molar-refractivity contribution in [1.82, 2.24) is 14.2 Å². The Hall–Kier alpha value is -3.83. The number of carboxylic acid groups (broad SMARTS) is 1. The summed E-state index contributed by atoms with van der Waals surface area (Å²) in [7, 11) is 0. The summed E-state index contributed by atoms with van der Waals surface area (Å²) in [5.41, 5.74) is 0.965. The van der Waals surface area contributed by atoms with Gasteiger partial charge in [0.05, 0.1) is 0 Å². The number of carbonyl (C=O) groups is 1. The monoisotopic (exact) mass is 591 g/mol. The van der Waals surface area contributed by atoms with Gasteiger partial charge < -0.3 is 20.0 Å². The van der Waals surface area contributed by atoms with Gasteiger partial charge in [-0.15, -0.1) is 0 Å². The number of alkyl halides is 1. The molecule has 3 heterocycles. The maximum absolute atomic E-state index is 10.6. The number of nitriles is 2. The summed E-state index contributed by atoms with van der Waals surface area (Å²) < 4.78 is 3.58. The molecular formula is C27H38BrN5O5. The van der Waals surface area contributed by atoms with Crippen molar-refractivity contribution >= 4 is 21.9 Å². The van der Waals surface area contributed by atoms with Gasteiger partial charge in [0.2, 0.25) is 0 Å². The smallest absolute Gasteiger partial charge is 0.355 e. The van der Waals surface area contributed by atoms with Crippen molar-refractivity contribution in [3.8, 4) is 12.1 Å². The first-order chi connectivity index (χ1) is 18.4. The molecule has 0 bridgehead atoms. The van der Waals surface area contributed by atoms with Crippen molar-refractivity contribution in [3.05, 3.63) is 72.1 Å². The Bertz CT molecular complexity index is 1090. The van der Waals surface area contributed by atoms with Crippen molar-refractivity contribution in [2.75, 3.05) is 18.5 Å². The lowest BCUT2D eigenvalue weighted by molar-refractivity contribution is 0.0591. The number of aromatic carboxylic acids is 1. The van der Waals surface area contributed by atoms with Gasteiger partial charge in [-0.2, -0.15) is 24.7 Å². The number of unbranched alkanes of at least 4 members (excludes halogenated alkanes) is 3. The van der Waals surface area contributed by atoms with Gasteiger partial charge in [-0.05, 0) is 55.7 Å². The molecule has 10 nitrogen and oxygen atoms in total. The minimum absolute atomic E-state index is 0.163. The molecule has 38 heavy (non-hydrogen) atoms. The number of nitrogens with zero attached hydrogens (tertiary/aromatic N) is 5. The molecule has 3 aromatic rings. The van der Waals surface area contributed by atoms with Crippen LogP contribution in [0.15, 0.2) is 55.0 Å². The van der Waals surface area contributed by atoms with Gasteiger partial charge in [-0.25, -0.2) is 4.79 Å². The van der Waals surface area contributed by atoms with Crippen LogP contribution < -0.4 is 9.68 Å². The Morgan fingerprint density at radius 1 is 0.842 bits per heavy atom. The Morgan fingerprint density at radius 2 is 1.34 bits per heavy atom. The van der Waals surface area contributed by atoms with Crippen molar-refractivity contribution in [1.29, 1.82) is 10.5 Å². The lowest BCUT2D eigenvalue weighted by Crippen LogP contribution is -2.17. The molecule has 2 N–H and O–H groups in total. The first-order valence-corrected chi connectivity index (χ1v) is 13.6. The minimum atomic E-state index is -0.971. The van der Waals surface area contributed by atoms with E-state index in [0.717, 1.165) is 35.7 Å². The fraction of sp³-hybridized carbons (Fsp3) is 0.444. The molecule has 0 spiro atoms. The molecule has 0 radical (unpaired) electrons. The molecule has 3 rings (SSSR count). The zero-order chi connectivity index (χ0) is 28.6. The molecule has 208 valence electrons. The van der Waals surface area contributed by atoms with Gasteiger partial charge in [0.1, 0.15) is 25.4 Å². The third kappa shape index (κ3) is 14.7. The highest BCUT2D eigenvalue weighted by Crippen LogP contribution is 2.00. The molecule has 0 aliphatic heterocycles. The highest BCUT2D eigenvalue weighted by Gasteiger charge is 2.08. The van der Waals surface area contributed by atoms with Gasteiger partial charge >= 0.3 is 5.97 Å². The van der Waals surface area contributed by atoms with E-state index in [0.29, 0.717) is 18.9 Å². The summed E-state index contributed by atoms with van der Waals surface area (Å²) >= 11 is 3.31. The number of rotatable bonds is 11. The van der Waals surface area contributed by atoms with Crippen molar-refractivity contribution in [3.63, 3.8) is 0 Å². The maximum Gasteiger partial charge on any atom is 0.355 e. The molecule has 0 atom stereocenters. The van der Waals surface area contributed by atoms with E-state index in [-0.39, 0.29) is 11.4 Å². The highest BCUT2D eigenvalue weighted by atomic mass is 79.9. The maximum atomic E-state index is 10.6. The van der Waals surface area contributed by atoms with E-state index in [2.05, 4.69) is 36.7 Å². The van der Waals surface area contributed by atoms with Crippen LogP contribution in [0.3, 0.4) is 0 Å². The fourth-order valence-electron chi connectivity index (χ4n) is 2.42. The van der Waals surface area contributed by atoms with E-state index in [1.807, 2.05) is 6.07 Å². The first-order valence-electron chi connectivity index (χ1n) is 12.5. The van der Waals surface area contributed by atoms with Crippen LogP contribution in [-0.4, -0.2) is 49.0 Å². The van der Waals surface area contributed by atoms with Crippen LogP contribution in [0.4, 0.5) is 0 Å². The summed E-state index contributed by atoms with van der Waals surface area (Å²) in [5, 5.41) is 35.3. The summed E-state index contributed by atoms with van der Waals surface area (Å²) in [5.74, 6) is -0.971. The summed E-state index contributed by atoms with van der Waals surface area (Å²) in [4.78, 5) is 21.1. The Morgan fingerprint density at radius 3 is 1.76 bits per heavy atom. The molecule has 0 saturated carbocycles. The van der Waals surface area contributed by atoms with Crippen LogP contribution in [-0.2, 0) is 0 Å². The molecule has 3 aromatic heterocycles. The number of carboxylic acids is 1. The lowest BCUT2D eigenvalue weighted by atomic mass is 10.4. The summed E-state index contributed by atoms with van der Waals surface area (Å²) in [6.45, 7) is 7.55. The van der Waals surface area contributed by atoms with Gasteiger partial charge in [0.15, 0.2) is 17.1 Å². The van der Waals surface area contributed by atoms with Crippen LogP contribution in [0.5, 0.6) is 0 Å². The fourth-order valence-corrected chi connectivity index (χ4v) is 2.98. The Balaban J connectivity index is 0.000000507. The van der Waals surface area contributed by atoms with Crippen molar-refractivity contribution in [2.45, 2.75) is 59.3 Å². The molecule has 0 amide bonds. The largest absolute Gasteiger partial charge is 0.476 e. The third-order valence-corrected chi connectivity index (χ3v) is 5.11. The second-order valence-electron chi connectivity index (χ2n) is 7.62. The number of hydrogen-bond acceptors (Lipinski definition) is 6. The molecule has 0 aliphatic rings. The standard InChI is InChI=1S/C9H12N2O.C9H13NO3.C5H4N2O.C4H9Br/c1-2-3-7-12-11-6-4-5-9(11)8-10;1-2-3-7-13-10-6-4-5-8(10)9(11)12;6-4-5-2-1-3-7(5)8;1-2-3-4-5/h4-6H,2-3,7H2,1H3;4-6H,2-3,7H2,1H3,(H,11,12);1-3,8H;2-4H2,1H3. The van der Waals surface area contributed by atoms with Gasteiger partial charge in [0.25, 0.3) is 0 Å². The number of halogens is 1. The average molecular weight is 593 g/mol. The van der Waals surface area contributed by atoms with Crippen LogP contribution in [0.1, 0.15) is 81.2 Å². The molecule has 0 aliphatic carbocycles. The molecule has 0 aromatic carbocycles. The predicted molar refractivity (Wildman–Crippen MR) is 148 cm³/mol. The predicted octanol–water partition coefficient (Wildman–Crippen LogP) is 5.78. The Kier molecular flexibility index (Phi) is 20.1. The quantitative estimate of drug-likeness (QED) is 0.163. The Labute approximate surface area is 233 Å². The van der Waals surface area contributed by atoms with Crippen LogP contribution in [0.25, 0.3) is 0 Å². The van der Waals surface area contributed by atoms with Gasteiger partial charge in [-0.3, -0.25) is 0 Å². The van der Waals surface area contributed by atoms with E-state index in [9.17, 15) is 4.79 Å². The number of aromatic nitrogens is 3.